The Hall–Kier alpha value is -1.34. The molecule has 1 aromatic heterocycles. The molecular formula is C15H18ClNO4S. The van der Waals surface area contributed by atoms with Crippen LogP contribution in [0.25, 0.3) is 0 Å². The van der Waals surface area contributed by atoms with Gasteiger partial charge in [0.15, 0.2) is 0 Å². The molecule has 22 heavy (non-hydrogen) atoms. The average Bonchev–Trinajstić information content (AvgIpc) is 2.88. The number of aliphatic hydroxyl groups is 1. The minimum Gasteiger partial charge on any atom is -0.469 e. The Balaban J connectivity index is 1.94. The van der Waals surface area contributed by atoms with E-state index < -0.39 is 15.6 Å². The Bertz CT molecular complexity index is 711. The van der Waals surface area contributed by atoms with Gasteiger partial charge >= 0.3 is 0 Å². The lowest BCUT2D eigenvalue weighted by atomic mass is 10.0. The molecule has 2 N–H and O–H groups in total. The highest BCUT2D eigenvalue weighted by Crippen LogP contribution is 2.15. The summed E-state index contributed by atoms with van der Waals surface area (Å²) in [5, 5.41) is 10.7. The minimum absolute atomic E-state index is 0.101. The fourth-order valence-corrected chi connectivity index (χ4v) is 3.48. The molecule has 5 nitrogen and oxygen atoms in total. The number of sulfonamides is 1. The van der Waals surface area contributed by atoms with Crippen molar-refractivity contribution in [3.63, 3.8) is 0 Å². The van der Waals surface area contributed by atoms with Crippen molar-refractivity contribution in [2.24, 2.45) is 0 Å². The molecule has 0 saturated carbocycles. The summed E-state index contributed by atoms with van der Waals surface area (Å²) in [5.41, 5.74) is -0.648. The Morgan fingerprint density at radius 2 is 2.09 bits per heavy atom. The summed E-state index contributed by atoms with van der Waals surface area (Å²) in [6.45, 7) is 1.45. The minimum atomic E-state index is -3.56. The van der Waals surface area contributed by atoms with Gasteiger partial charge < -0.3 is 9.52 Å². The van der Waals surface area contributed by atoms with Gasteiger partial charge in [0, 0.05) is 18.0 Å². The van der Waals surface area contributed by atoms with E-state index in [0.29, 0.717) is 16.3 Å². The van der Waals surface area contributed by atoms with Crippen molar-refractivity contribution in [1.29, 1.82) is 0 Å². The van der Waals surface area contributed by atoms with Crippen LogP contribution in [0.5, 0.6) is 0 Å². The van der Waals surface area contributed by atoms with Gasteiger partial charge in [-0.1, -0.05) is 23.7 Å². The molecule has 2 rings (SSSR count). The molecule has 0 aliphatic rings. The summed E-state index contributed by atoms with van der Waals surface area (Å²) >= 11 is 5.84. The first-order valence-electron chi connectivity index (χ1n) is 6.72. The van der Waals surface area contributed by atoms with E-state index in [1.165, 1.54) is 6.26 Å². The summed E-state index contributed by atoms with van der Waals surface area (Å²) < 4.78 is 31.7. The van der Waals surface area contributed by atoms with Crippen LogP contribution in [-0.4, -0.2) is 25.7 Å². The Kier molecular flexibility index (Phi) is 5.28. The normalized spacial score (nSPS) is 14.7. The van der Waals surface area contributed by atoms with Crippen molar-refractivity contribution in [2.45, 2.75) is 24.7 Å². The molecule has 0 radical (unpaired) electrons. The van der Waals surface area contributed by atoms with E-state index >= 15 is 0 Å². The highest BCUT2D eigenvalue weighted by atomic mass is 35.5. The van der Waals surface area contributed by atoms with Crippen LogP contribution in [0.2, 0.25) is 5.02 Å². The van der Waals surface area contributed by atoms with Crippen molar-refractivity contribution in [2.75, 3.05) is 6.54 Å². The zero-order valence-electron chi connectivity index (χ0n) is 12.1. The SMILES string of the molecule is CC(O)(CNS(=O)(=O)Cc1cccc(Cl)c1)Cc1ccco1. The molecular weight excluding hydrogens is 326 g/mol. The number of hydrogen-bond donors (Lipinski definition) is 2. The van der Waals surface area contributed by atoms with Gasteiger partial charge in [0.1, 0.15) is 5.76 Å². The second-order valence-electron chi connectivity index (χ2n) is 5.46. The number of rotatable bonds is 7. The maximum atomic E-state index is 12.1. The lowest BCUT2D eigenvalue weighted by Gasteiger charge is -2.22. The average molecular weight is 344 g/mol. The van der Waals surface area contributed by atoms with Gasteiger partial charge in [-0.2, -0.15) is 0 Å². The van der Waals surface area contributed by atoms with E-state index in [1.54, 1.807) is 43.3 Å². The van der Waals surface area contributed by atoms with Crippen LogP contribution in [-0.2, 0) is 22.2 Å². The van der Waals surface area contributed by atoms with Crippen LogP contribution in [0.4, 0.5) is 0 Å². The van der Waals surface area contributed by atoms with Crippen molar-refractivity contribution in [1.82, 2.24) is 4.72 Å². The van der Waals surface area contributed by atoms with E-state index in [4.69, 9.17) is 16.0 Å². The zero-order valence-corrected chi connectivity index (χ0v) is 13.7. The second kappa shape index (κ2) is 6.83. The molecule has 1 atom stereocenters. The molecule has 7 heteroatoms. The first-order chi connectivity index (χ1) is 10.3. The van der Waals surface area contributed by atoms with Crippen molar-refractivity contribution < 1.29 is 17.9 Å². The van der Waals surface area contributed by atoms with E-state index in [9.17, 15) is 13.5 Å². The second-order valence-corrected chi connectivity index (χ2v) is 7.71. The lowest BCUT2D eigenvalue weighted by molar-refractivity contribution is 0.0603. The topological polar surface area (TPSA) is 79.5 Å². The van der Waals surface area contributed by atoms with Crippen LogP contribution in [0.3, 0.4) is 0 Å². The fraction of sp³-hybridized carbons (Fsp3) is 0.333. The van der Waals surface area contributed by atoms with Crippen molar-refractivity contribution in [3.8, 4) is 0 Å². The summed E-state index contributed by atoms with van der Waals surface area (Å²) in [6.07, 6.45) is 1.73. The first-order valence-corrected chi connectivity index (χ1v) is 8.75. The maximum absolute atomic E-state index is 12.1. The van der Waals surface area contributed by atoms with E-state index in [1.807, 2.05) is 0 Å². The summed E-state index contributed by atoms with van der Waals surface area (Å²) in [5.74, 6) is 0.406. The molecule has 0 bridgehead atoms. The smallest absolute Gasteiger partial charge is 0.215 e. The predicted molar refractivity (Wildman–Crippen MR) is 85.1 cm³/mol. The summed E-state index contributed by atoms with van der Waals surface area (Å²) in [7, 11) is -3.56. The van der Waals surface area contributed by atoms with Gasteiger partial charge in [0.2, 0.25) is 10.0 Å². The number of benzene rings is 1. The van der Waals surface area contributed by atoms with Gasteiger partial charge in [0.25, 0.3) is 0 Å². The van der Waals surface area contributed by atoms with Crippen LogP contribution in [0.15, 0.2) is 47.1 Å². The standard InChI is InChI=1S/C15H18ClNO4S/c1-15(18,9-14-6-3-7-21-14)11-17-22(19,20)10-12-4-2-5-13(16)8-12/h2-8,17-18H,9-11H2,1H3. The molecule has 2 aromatic rings. The van der Waals surface area contributed by atoms with Crippen LogP contribution in [0, 0.1) is 0 Å². The number of halogens is 1. The van der Waals surface area contributed by atoms with Crippen LogP contribution < -0.4 is 4.72 Å². The van der Waals surface area contributed by atoms with Gasteiger partial charge in [-0.15, -0.1) is 0 Å². The molecule has 0 aliphatic carbocycles. The Labute approximate surface area is 135 Å². The lowest BCUT2D eigenvalue weighted by Crippen LogP contribution is -2.42. The van der Waals surface area contributed by atoms with E-state index in [2.05, 4.69) is 4.72 Å². The molecule has 1 aromatic carbocycles. The Morgan fingerprint density at radius 1 is 1.32 bits per heavy atom. The van der Waals surface area contributed by atoms with Gasteiger partial charge in [-0.3, -0.25) is 0 Å². The number of furan rings is 1. The monoisotopic (exact) mass is 343 g/mol. The van der Waals surface area contributed by atoms with Crippen LogP contribution in [0.1, 0.15) is 18.2 Å². The van der Waals surface area contributed by atoms with Gasteiger partial charge in [-0.25, -0.2) is 13.1 Å². The fourth-order valence-electron chi connectivity index (χ4n) is 2.01. The van der Waals surface area contributed by atoms with Gasteiger partial charge in [-0.05, 0) is 36.8 Å². The molecule has 0 aliphatic heterocycles. The number of nitrogens with one attached hydrogen (secondary N) is 1. The van der Waals surface area contributed by atoms with E-state index in [-0.39, 0.29) is 18.7 Å². The Morgan fingerprint density at radius 3 is 2.73 bits per heavy atom. The molecule has 0 fully saturated rings. The molecule has 1 unspecified atom stereocenters. The molecule has 120 valence electrons. The molecule has 0 amide bonds. The maximum Gasteiger partial charge on any atom is 0.215 e. The summed E-state index contributed by atoms with van der Waals surface area (Å²) in [4.78, 5) is 0. The highest BCUT2D eigenvalue weighted by Gasteiger charge is 2.25. The summed E-state index contributed by atoms with van der Waals surface area (Å²) in [6, 6.07) is 10.1. The third-order valence-corrected chi connectivity index (χ3v) is 4.59. The zero-order chi connectivity index (χ0) is 16.2. The first kappa shape index (κ1) is 17.0. The highest BCUT2D eigenvalue weighted by molar-refractivity contribution is 7.88. The van der Waals surface area contributed by atoms with Crippen molar-refractivity contribution in [3.05, 3.63) is 59.0 Å². The van der Waals surface area contributed by atoms with E-state index in [0.717, 1.165) is 0 Å². The number of hydrogen-bond acceptors (Lipinski definition) is 4. The van der Waals surface area contributed by atoms with Gasteiger partial charge in [0.05, 0.1) is 17.6 Å². The predicted octanol–water partition coefficient (Wildman–Crippen LogP) is 2.35. The third kappa shape index (κ3) is 5.46. The largest absolute Gasteiger partial charge is 0.469 e. The van der Waals surface area contributed by atoms with Crippen LogP contribution >= 0.6 is 11.6 Å². The molecule has 0 saturated heterocycles. The quantitative estimate of drug-likeness (QED) is 0.808. The molecule has 1 heterocycles. The van der Waals surface area contributed by atoms with Crippen molar-refractivity contribution >= 4 is 21.6 Å². The third-order valence-electron chi connectivity index (χ3n) is 3.05. The molecule has 0 spiro atoms.